The van der Waals surface area contributed by atoms with Gasteiger partial charge in [0.15, 0.2) is 17.3 Å². The maximum Gasteiger partial charge on any atom is 0.272 e. The van der Waals surface area contributed by atoms with Gasteiger partial charge < -0.3 is 15.2 Å². The van der Waals surface area contributed by atoms with Gasteiger partial charge in [-0.1, -0.05) is 16.8 Å². The Labute approximate surface area is 162 Å². The molecule has 3 aromatic rings. The van der Waals surface area contributed by atoms with E-state index in [4.69, 9.17) is 16.1 Å². The summed E-state index contributed by atoms with van der Waals surface area (Å²) in [5.74, 6) is -3.00. The molecule has 0 fully saturated rings. The second-order valence-corrected chi connectivity index (χ2v) is 6.26. The first kappa shape index (κ1) is 19.5. The Morgan fingerprint density at radius 3 is 2.57 bits per heavy atom. The number of aryl methyl sites for hydroxylation is 2. The highest BCUT2D eigenvalue weighted by molar-refractivity contribution is 6.34. The van der Waals surface area contributed by atoms with Gasteiger partial charge in [0.25, 0.3) is 11.8 Å². The van der Waals surface area contributed by atoms with Crippen LogP contribution in [0.3, 0.4) is 0 Å². The first-order valence-electron chi connectivity index (χ1n) is 7.97. The molecular formula is C17H14ClF2N5O3. The van der Waals surface area contributed by atoms with Crippen molar-refractivity contribution in [1.82, 2.24) is 20.7 Å². The normalized spacial score (nSPS) is 10.8. The Bertz CT molecular complexity index is 1040. The molecule has 2 aromatic heterocycles. The van der Waals surface area contributed by atoms with Crippen LogP contribution in [0.5, 0.6) is 0 Å². The second-order valence-electron chi connectivity index (χ2n) is 5.85. The van der Waals surface area contributed by atoms with E-state index in [0.717, 1.165) is 5.56 Å². The Morgan fingerprint density at radius 1 is 1.18 bits per heavy atom. The lowest BCUT2D eigenvalue weighted by molar-refractivity contribution is 0.0945. The number of rotatable bonds is 5. The zero-order valence-electron chi connectivity index (χ0n) is 14.7. The van der Waals surface area contributed by atoms with Gasteiger partial charge in [-0.25, -0.2) is 8.78 Å². The van der Waals surface area contributed by atoms with Gasteiger partial charge in [0.1, 0.15) is 11.6 Å². The van der Waals surface area contributed by atoms with Crippen LogP contribution < -0.4 is 10.6 Å². The molecule has 0 radical (unpaired) electrons. The minimum Gasteiger partial charge on any atom is -0.361 e. The number of anilines is 1. The van der Waals surface area contributed by atoms with E-state index < -0.39 is 23.4 Å². The van der Waals surface area contributed by atoms with E-state index in [9.17, 15) is 18.4 Å². The number of nitrogens with zero attached hydrogens (tertiary/aromatic N) is 2. The Morgan fingerprint density at radius 2 is 1.89 bits per heavy atom. The van der Waals surface area contributed by atoms with Crippen molar-refractivity contribution in [3.05, 3.63) is 63.1 Å². The summed E-state index contributed by atoms with van der Waals surface area (Å²) in [5.41, 5.74) is 1.17. The molecule has 0 aliphatic carbocycles. The van der Waals surface area contributed by atoms with Crippen molar-refractivity contribution in [3.8, 4) is 0 Å². The third-order valence-corrected chi connectivity index (χ3v) is 4.23. The third kappa shape index (κ3) is 4.01. The second kappa shape index (κ2) is 7.77. The number of amides is 2. The summed E-state index contributed by atoms with van der Waals surface area (Å²) in [6.07, 6.45) is 0. The fourth-order valence-electron chi connectivity index (χ4n) is 2.40. The summed E-state index contributed by atoms with van der Waals surface area (Å²) in [7, 11) is 0. The number of hydrogen-bond donors (Lipinski definition) is 3. The number of H-pyrrole nitrogens is 1. The zero-order valence-corrected chi connectivity index (χ0v) is 15.4. The van der Waals surface area contributed by atoms with Gasteiger partial charge in [-0.15, -0.1) is 0 Å². The molecule has 2 heterocycles. The van der Waals surface area contributed by atoms with Crippen LogP contribution in [0.4, 0.5) is 14.6 Å². The molecule has 1 aromatic carbocycles. The van der Waals surface area contributed by atoms with Crippen LogP contribution in [0.25, 0.3) is 0 Å². The molecule has 0 saturated carbocycles. The van der Waals surface area contributed by atoms with Crippen molar-refractivity contribution >= 4 is 29.2 Å². The van der Waals surface area contributed by atoms with E-state index in [-0.39, 0.29) is 28.6 Å². The number of aromatic nitrogens is 3. The Hall–Kier alpha value is -3.27. The highest BCUT2D eigenvalue weighted by atomic mass is 35.5. The van der Waals surface area contributed by atoms with Gasteiger partial charge in [0.2, 0.25) is 0 Å². The summed E-state index contributed by atoms with van der Waals surface area (Å²) in [4.78, 5) is 24.4. The van der Waals surface area contributed by atoms with Gasteiger partial charge in [-0.2, -0.15) is 5.10 Å². The number of hydrogen-bond acceptors (Lipinski definition) is 5. The van der Waals surface area contributed by atoms with Crippen molar-refractivity contribution in [3.63, 3.8) is 0 Å². The molecule has 3 N–H and O–H groups in total. The van der Waals surface area contributed by atoms with Crippen molar-refractivity contribution < 1.29 is 22.9 Å². The van der Waals surface area contributed by atoms with E-state index in [1.165, 1.54) is 6.07 Å². The lowest BCUT2D eigenvalue weighted by atomic mass is 10.2. The number of carbonyl (C=O) groups excluding carboxylic acids is 2. The van der Waals surface area contributed by atoms with Crippen molar-refractivity contribution in [2.45, 2.75) is 20.4 Å². The number of benzene rings is 1. The summed E-state index contributed by atoms with van der Waals surface area (Å²) >= 11 is 5.76. The van der Waals surface area contributed by atoms with Crippen LogP contribution in [0.2, 0.25) is 5.02 Å². The molecule has 0 bridgehead atoms. The van der Waals surface area contributed by atoms with Crippen LogP contribution >= 0.6 is 11.6 Å². The molecule has 11 heteroatoms. The van der Waals surface area contributed by atoms with Crippen molar-refractivity contribution in [1.29, 1.82) is 0 Å². The maximum atomic E-state index is 13.3. The number of halogens is 3. The smallest absolute Gasteiger partial charge is 0.272 e. The highest BCUT2D eigenvalue weighted by Crippen LogP contribution is 2.21. The van der Waals surface area contributed by atoms with Crippen LogP contribution in [0.1, 0.15) is 37.9 Å². The van der Waals surface area contributed by atoms with E-state index in [1.54, 1.807) is 13.8 Å². The van der Waals surface area contributed by atoms with Gasteiger partial charge in [-0.05, 0) is 26.0 Å². The average molecular weight is 410 g/mol. The molecule has 28 heavy (non-hydrogen) atoms. The summed E-state index contributed by atoms with van der Waals surface area (Å²) in [6.45, 7) is 3.68. The third-order valence-electron chi connectivity index (χ3n) is 3.92. The van der Waals surface area contributed by atoms with Gasteiger partial charge in [-0.3, -0.25) is 14.7 Å². The fraction of sp³-hybridized carbons (Fsp3) is 0.176. The SMILES string of the molecule is Cc1noc(C)c1CNC(=O)c1cc(NC(=O)c2cc(F)c(F)cc2Cl)[nH]n1. The zero-order chi connectivity index (χ0) is 20.4. The molecule has 3 rings (SSSR count). The minimum absolute atomic E-state index is 0.0124. The lowest BCUT2D eigenvalue weighted by Gasteiger charge is -2.05. The average Bonchev–Trinajstić information content (AvgIpc) is 3.23. The first-order chi connectivity index (χ1) is 13.3. The summed E-state index contributed by atoms with van der Waals surface area (Å²) in [5, 5.41) is 14.8. The monoisotopic (exact) mass is 409 g/mol. The molecule has 0 spiro atoms. The molecule has 0 atom stereocenters. The molecule has 2 amide bonds. The van der Waals surface area contributed by atoms with Crippen LogP contribution in [-0.2, 0) is 6.54 Å². The molecule has 0 saturated heterocycles. The van der Waals surface area contributed by atoms with Crippen molar-refractivity contribution in [2.75, 3.05) is 5.32 Å². The molecule has 0 aliphatic heterocycles. The summed E-state index contributed by atoms with van der Waals surface area (Å²) < 4.78 is 31.5. The van der Waals surface area contributed by atoms with Crippen LogP contribution in [-0.4, -0.2) is 27.2 Å². The summed E-state index contributed by atoms with van der Waals surface area (Å²) in [6, 6.07) is 2.67. The molecule has 0 aliphatic rings. The Kier molecular flexibility index (Phi) is 5.41. The lowest BCUT2D eigenvalue weighted by Crippen LogP contribution is -2.23. The number of nitrogens with one attached hydrogen (secondary N) is 3. The number of carbonyl (C=O) groups is 2. The van der Waals surface area contributed by atoms with Crippen LogP contribution in [0.15, 0.2) is 22.7 Å². The highest BCUT2D eigenvalue weighted by Gasteiger charge is 2.18. The first-order valence-corrected chi connectivity index (χ1v) is 8.35. The topological polar surface area (TPSA) is 113 Å². The van der Waals surface area contributed by atoms with Gasteiger partial charge >= 0.3 is 0 Å². The predicted octanol–water partition coefficient (Wildman–Crippen LogP) is 3.13. The number of aromatic amines is 1. The quantitative estimate of drug-likeness (QED) is 0.560. The standard InChI is InChI=1S/C17H14ClF2N5O3/c1-7-10(8(2)28-25-7)6-21-17(27)14-5-15(24-23-14)22-16(26)9-3-12(19)13(20)4-11(9)18/h3-5H,6H2,1-2H3,(H,21,27)(H2,22,23,24,26). The van der Waals surface area contributed by atoms with Gasteiger partial charge in [0.05, 0.1) is 16.3 Å². The minimum atomic E-state index is -1.21. The van der Waals surface area contributed by atoms with E-state index in [1.807, 2.05) is 0 Å². The Balaban J connectivity index is 1.66. The van der Waals surface area contributed by atoms with E-state index in [2.05, 4.69) is 26.0 Å². The van der Waals surface area contributed by atoms with Gasteiger partial charge in [0, 0.05) is 18.2 Å². The molecule has 0 unspecified atom stereocenters. The maximum absolute atomic E-state index is 13.3. The van der Waals surface area contributed by atoms with E-state index >= 15 is 0 Å². The molecule has 8 nitrogen and oxygen atoms in total. The molecule has 146 valence electrons. The van der Waals surface area contributed by atoms with Crippen molar-refractivity contribution in [2.24, 2.45) is 0 Å². The fourth-order valence-corrected chi connectivity index (χ4v) is 2.64. The molecular weight excluding hydrogens is 396 g/mol. The largest absolute Gasteiger partial charge is 0.361 e. The van der Waals surface area contributed by atoms with Crippen LogP contribution in [0, 0.1) is 25.5 Å². The predicted molar refractivity (Wildman–Crippen MR) is 95.1 cm³/mol. The van der Waals surface area contributed by atoms with E-state index in [0.29, 0.717) is 23.6 Å².